The zero-order valence-corrected chi connectivity index (χ0v) is 12.4. The van der Waals surface area contributed by atoms with Gasteiger partial charge in [-0.25, -0.2) is 4.79 Å². The zero-order valence-electron chi connectivity index (χ0n) is 12.4. The van der Waals surface area contributed by atoms with Crippen molar-refractivity contribution in [1.82, 2.24) is 14.7 Å². The summed E-state index contributed by atoms with van der Waals surface area (Å²) >= 11 is 0. The third-order valence-electron chi connectivity index (χ3n) is 3.93. The molecule has 1 aromatic rings. The van der Waals surface area contributed by atoms with Crippen molar-refractivity contribution in [2.75, 3.05) is 25.1 Å². The van der Waals surface area contributed by atoms with Crippen LogP contribution in [0.1, 0.15) is 19.3 Å². The fourth-order valence-corrected chi connectivity index (χ4v) is 2.66. The van der Waals surface area contributed by atoms with Gasteiger partial charge < -0.3 is 20.7 Å². The molecule has 1 aliphatic heterocycles. The lowest BCUT2D eigenvalue weighted by molar-refractivity contribution is -0.118. The standard InChI is InChI=1S/C14H21N5O3/c15-13(20)8-18-7-11(5-16-18)17-14(21)19(12-1-2-12)6-10-3-4-22-9-10/h5,7,10,12H,1-4,6,8-9H2,(H2,15,20)(H,17,21)/t10-/m0/s1. The molecule has 2 heterocycles. The van der Waals surface area contributed by atoms with Gasteiger partial charge in [0.25, 0.3) is 0 Å². The molecule has 1 aliphatic carbocycles. The van der Waals surface area contributed by atoms with Gasteiger partial charge in [-0.15, -0.1) is 0 Å². The number of nitrogens with two attached hydrogens (primary N) is 1. The van der Waals surface area contributed by atoms with Crippen LogP contribution in [-0.2, 0) is 16.1 Å². The zero-order chi connectivity index (χ0) is 15.5. The van der Waals surface area contributed by atoms with E-state index < -0.39 is 5.91 Å². The molecule has 8 nitrogen and oxygen atoms in total. The molecular weight excluding hydrogens is 286 g/mol. The molecule has 3 N–H and O–H groups in total. The summed E-state index contributed by atoms with van der Waals surface area (Å²) in [5.41, 5.74) is 5.68. The Balaban J connectivity index is 1.58. The van der Waals surface area contributed by atoms with E-state index in [0.29, 0.717) is 17.6 Å². The van der Waals surface area contributed by atoms with Gasteiger partial charge >= 0.3 is 6.03 Å². The van der Waals surface area contributed by atoms with E-state index in [0.717, 1.165) is 39.0 Å². The Hall–Kier alpha value is -2.09. The summed E-state index contributed by atoms with van der Waals surface area (Å²) in [7, 11) is 0. The molecule has 0 radical (unpaired) electrons. The lowest BCUT2D eigenvalue weighted by Gasteiger charge is -2.25. The van der Waals surface area contributed by atoms with Crippen LogP contribution in [0, 0.1) is 5.92 Å². The lowest BCUT2D eigenvalue weighted by atomic mass is 10.1. The molecule has 2 fully saturated rings. The number of rotatable bonds is 6. The van der Waals surface area contributed by atoms with E-state index in [1.54, 1.807) is 6.20 Å². The van der Waals surface area contributed by atoms with Gasteiger partial charge in [-0.2, -0.15) is 5.10 Å². The minimum atomic E-state index is -0.471. The van der Waals surface area contributed by atoms with Crippen LogP contribution in [0.3, 0.4) is 0 Å². The molecule has 1 aromatic heterocycles. The highest BCUT2D eigenvalue weighted by Crippen LogP contribution is 2.29. The quantitative estimate of drug-likeness (QED) is 0.794. The minimum absolute atomic E-state index is 0.00161. The molecule has 1 saturated carbocycles. The van der Waals surface area contributed by atoms with E-state index in [4.69, 9.17) is 10.5 Å². The van der Waals surface area contributed by atoms with Gasteiger partial charge in [0.1, 0.15) is 6.54 Å². The van der Waals surface area contributed by atoms with Crippen LogP contribution in [0.2, 0.25) is 0 Å². The predicted octanol–water partition coefficient (Wildman–Crippen LogP) is 0.401. The fraction of sp³-hybridized carbons (Fsp3) is 0.643. The highest BCUT2D eigenvalue weighted by molar-refractivity contribution is 5.89. The number of aromatic nitrogens is 2. The normalized spacial score (nSPS) is 20.8. The molecule has 3 rings (SSSR count). The maximum absolute atomic E-state index is 12.5. The first-order valence-electron chi connectivity index (χ1n) is 7.58. The van der Waals surface area contributed by atoms with E-state index in [1.165, 1.54) is 10.9 Å². The smallest absolute Gasteiger partial charge is 0.322 e. The van der Waals surface area contributed by atoms with Crippen LogP contribution >= 0.6 is 0 Å². The third-order valence-corrected chi connectivity index (χ3v) is 3.93. The van der Waals surface area contributed by atoms with Crippen molar-refractivity contribution < 1.29 is 14.3 Å². The summed E-state index contributed by atoms with van der Waals surface area (Å²) in [6.45, 7) is 2.24. The van der Waals surface area contributed by atoms with E-state index >= 15 is 0 Å². The molecule has 1 atom stereocenters. The van der Waals surface area contributed by atoms with Crippen molar-refractivity contribution in [3.63, 3.8) is 0 Å². The van der Waals surface area contributed by atoms with Gasteiger partial charge in [0.2, 0.25) is 5.91 Å². The summed E-state index contributed by atoms with van der Waals surface area (Å²) in [5.74, 6) is -0.0502. The first kappa shape index (κ1) is 14.8. The molecular formula is C14H21N5O3. The van der Waals surface area contributed by atoms with Gasteiger partial charge in [-0.05, 0) is 19.3 Å². The maximum atomic E-state index is 12.5. The fourth-order valence-electron chi connectivity index (χ4n) is 2.66. The van der Waals surface area contributed by atoms with Crippen molar-refractivity contribution in [2.24, 2.45) is 11.7 Å². The molecule has 1 saturated heterocycles. The summed E-state index contributed by atoms with van der Waals surface area (Å²) in [5, 5.41) is 6.84. The van der Waals surface area contributed by atoms with E-state index in [1.807, 2.05) is 4.90 Å². The van der Waals surface area contributed by atoms with Crippen LogP contribution < -0.4 is 11.1 Å². The number of nitrogens with zero attached hydrogens (tertiary/aromatic N) is 3. The molecule has 8 heteroatoms. The second kappa shape index (κ2) is 6.35. The van der Waals surface area contributed by atoms with Crippen molar-refractivity contribution in [1.29, 1.82) is 0 Å². The number of ether oxygens (including phenoxy) is 1. The first-order chi connectivity index (χ1) is 10.6. The molecule has 0 spiro atoms. The Bertz CT molecular complexity index is 548. The van der Waals surface area contributed by atoms with Crippen LogP contribution in [-0.4, -0.2) is 52.4 Å². The molecule has 3 amide bonds. The molecule has 2 aliphatic rings. The number of anilines is 1. The number of carbonyl (C=O) groups excluding carboxylic acids is 2. The molecule has 0 bridgehead atoms. The van der Waals surface area contributed by atoms with E-state index in [-0.39, 0.29) is 12.6 Å². The highest BCUT2D eigenvalue weighted by atomic mass is 16.5. The van der Waals surface area contributed by atoms with Crippen molar-refractivity contribution in [3.8, 4) is 0 Å². The van der Waals surface area contributed by atoms with Crippen molar-refractivity contribution in [3.05, 3.63) is 12.4 Å². The van der Waals surface area contributed by atoms with Gasteiger partial charge in [-0.1, -0.05) is 0 Å². The summed E-state index contributed by atoms with van der Waals surface area (Å²) in [4.78, 5) is 25.2. The Morgan fingerprint density at radius 2 is 2.27 bits per heavy atom. The number of amides is 3. The molecule has 120 valence electrons. The number of carbonyl (C=O) groups is 2. The summed E-state index contributed by atoms with van der Waals surface area (Å²) < 4.78 is 6.79. The second-order valence-electron chi connectivity index (χ2n) is 5.94. The third kappa shape index (κ3) is 3.76. The lowest BCUT2D eigenvalue weighted by Crippen LogP contribution is -2.40. The number of urea groups is 1. The number of hydrogen-bond acceptors (Lipinski definition) is 4. The SMILES string of the molecule is NC(=O)Cn1cc(NC(=O)N(C[C@@H]2CCOC2)C2CC2)cn1. The Morgan fingerprint density at radius 1 is 1.45 bits per heavy atom. The maximum Gasteiger partial charge on any atom is 0.322 e. The topological polar surface area (TPSA) is 102 Å². The average Bonchev–Trinajstić information content (AvgIpc) is 2.99. The largest absolute Gasteiger partial charge is 0.381 e. The minimum Gasteiger partial charge on any atom is -0.381 e. The summed E-state index contributed by atoms with van der Waals surface area (Å²) in [6.07, 6.45) is 6.24. The van der Waals surface area contributed by atoms with E-state index in [9.17, 15) is 9.59 Å². The molecule has 0 unspecified atom stereocenters. The van der Waals surface area contributed by atoms with Gasteiger partial charge in [-0.3, -0.25) is 9.48 Å². The van der Waals surface area contributed by atoms with Gasteiger partial charge in [0, 0.05) is 31.3 Å². The van der Waals surface area contributed by atoms with Crippen LogP contribution in [0.15, 0.2) is 12.4 Å². The molecule has 22 heavy (non-hydrogen) atoms. The first-order valence-corrected chi connectivity index (χ1v) is 7.58. The Morgan fingerprint density at radius 3 is 2.91 bits per heavy atom. The van der Waals surface area contributed by atoms with E-state index in [2.05, 4.69) is 10.4 Å². The number of primary amides is 1. The molecule has 0 aromatic carbocycles. The summed E-state index contributed by atoms with van der Waals surface area (Å²) in [6, 6.07) is 0.217. The van der Waals surface area contributed by atoms with Crippen molar-refractivity contribution >= 4 is 17.6 Å². The second-order valence-corrected chi connectivity index (χ2v) is 5.94. The predicted molar refractivity (Wildman–Crippen MR) is 79.1 cm³/mol. The monoisotopic (exact) mass is 307 g/mol. The Kier molecular flexibility index (Phi) is 4.28. The number of nitrogens with one attached hydrogen (secondary N) is 1. The van der Waals surface area contributed by atoms with Crippen LogP contribution in [0.4, 0.5) is 10.5 Å². The average molecular weight is 307 g/mol. The van der Waals surface area contributed by atoms with Gasteiger partial charge in [0.05, 0.1) is 18.5 Å². The van der Waals surface area contributed by atoms with Crippen molar-refractivity contribution in [2.45, 2.75) is 31.8 Å². The van der Waals surface area contributed by atoms with Crippen LogP contribution in [0.5, 0.6) is 0 Å². The van der Waals surface area contributed by atoms with Gasteiger partial charge in [0.15, 0.2) is 0 Å². The number of hydrogen-bond donors (Lipinski definition) is 2. The highest BCUT2D eigenvalue weighted by Gasteiger charge is 2.35. The van der Waals surface area contributed by atoms with Crippen LogP contribution in [0.25, 0.3) is 0 Å². The Labute approximate surface area is 128 Å².